The van der Waals surface area contributed by atoms with E-state index in [1.165, 1.54) is 18.6 Å². The molecular formula is C15H19FN2. The molecule has 1 aromatic carbocycles. The summed E-state index contributed by atoms with van der Waals surface area (Å²) in [4.78, 5) is 2.22. The quantitative estimate of drug-likeness (QED) is 0.757. The molecule has 1 aliphatic heterocycles. The fourth-order valence-corrected chi connectivity index (χ4v) is 2.86. The Balaban J connectivity index is 2.35. The van der Waals surface area contributed by atoms with Crippen LogP contribution in [0.1, 0.15) is 32.8 Å². The van der Waals surface area contributed by atoms with Gasteiger partial charge in [0.2, 0.25) is 0 Å². The first kappa shape index (κ1) is 12.9. The van der Waals surface area contributed by atoms with E-state index >= 15 is 0 Å². The third-order valence-electron chi connectivity index (χ3n) is 3.94. The topological polar surface area (TPSA) is 27.0 Å². The second kappa shape index (κ2) is 4.97. The van der Waals surface area contributed by atoms with Crippen molar-refractivity contribution in [3.05, 3.63) is 29.6 Å². The summed E-state index contributed by atoms with van der Waals surface area (Å²) in [6, 6.07) is 7.00. The van der Waals surface area contributed by atoms with E-state index in [1.54, 1.807) is 6.07 Å². The highest BCUT2D eigenvalue weighted by atomic mass is 19.1. The highest BCUT2D eigenvalue weighted by Crippen LogP contribution is 2.32. The van der Waals surface area contributed by atoms with E-state index < -0.39 is 0 Å². The molecule has 0 spiro atoms. The van der Waals surface area contributed by atoms with Crippen molar-refractivity contribution in [2.75, 3.05) is 11.4 Å². The molecule has 0 amide bonds. The minimum absolute atomic E-state index is 0.331. The zero-order valence-electron chi connectivity index (χ0n) is 11.2. The first-order valence-electron chi connectivity index (χ1n) is 6.48. The average molecular weight is 246 g/mol. The van der Waals surface area contributed by atoms with E-state index in [4.69, 9.17) is 5.26 Å². The minimum Gasteiger partial charge on any atom is -0.368 e. The average Bonchev–Trinajstić information content (AvgIpc) is 2.32. The van der Waals surface area contributed by atoms with Gasteiger partial charge < -0.3 is 4.90 Å². The molecule has 3 heteroatoms. The van der Waals surface area contributed by atoms with Gasteiger partial charge in [0.05, 0.1) is 11.6 Å². The largest absolute Gasteiger partial charge is 0.368 e. The second-order valence-electron chi connectivity index (χ2n) is 5.52. The van der Waals surface area contributed by atoms with Gasteiger partial charge >= 0.3 is 0 Å². The molecule has 3 atom stereocenters. The lowest BCUT2D eigenvalue weighted by atomic mass is 9.85. The maximum Gasteiger partial charge on any atom is 0.126 e. The van der Waals surface area contributed by atoms with Crippen LogP contribution in [0.15, 0.2) is 18.2 Å². The van der Waals surface area contributed by atoms with Crippen LogP contribution in [0.5, 0.6) is 0 Å². The highest BCUT2D eigenvalue weighted by molar-refractivity contribution is 5.53. The van der Waals surface area contributed by atoms with Crippen molar-refractivity contribution in [2.45, 2.75) is 33.2 Å². The molecule has 1 heterocycles. The lowest BCUT2D eigenvalue weighted by Crippen LogP contribution is -2.45. The molecule has 18 heavy (non-hydrogen) atoms. The van der Waals surface area contributed by atoms with Crippen LogP contribution in [0.4, 0.5) is 10.1 Å². The van der Waals surface area contributed by atoms with Crippen LogP contribution in [0, 0.1) is 29.0 Å². The molecule has 2 rings (SSSR count). The Morgan fingerprint density at radius 1 is 1.28 bits per heavy atom. The van der Waals surface area contributed by atoms with E-state index in [2.05, 4.69) is 25.7 Å². The van der Waals surface area contributed by atoms with Crippen LogP contribution in [0.2, 0.25) is 0 Å². The van der Waals surface area contributed by atoms with Crippen molar-refractivity contribution >= 4 is 5.69 Å². The molecule has 0 radical (unpaired) electrons. The van der Waals surface area contributed by atoms with Crippen molar-refractivity contribution in [3.8, 4) is 6.07 Å². The maximum atomic E-state index is 13.5. The minimum atomic E-state index is -0.331. The van der Waals surface area contributed by atoms with Crippen molar-refractivity contribution in [3.63, 3.8) is 0 Å². The fourth-order valence-electron chi connectivity index (χ4n) is 2.86. The summed E-state index contributed by atoms with van der Waals surface area (Å²) in [7, 11) is 0. The molecule has 1 aromatic rings. The number of nitriles is 1. The number of rotatable bonds is 1. The van der Waals surface area contributed by atoms with Gasteiger partial charge in [-0.2, -0.15) is 5.26 Å². The van der Waals surface area contributed by atoms with Gasteiger partial charge in [0, 0.05) is 18.3 Å². The summed E-state index contributed by atoms with van der Waals surface area (Å²) in [5, 5.41) is 8.92. The molecule has 96 valence electrons. The van der Waals surface area contributed by atoms with Crippen LogP contribution in [0.25, 0.3) is 0 Å². The monoisotopic (exact) mass is 246 g/mol. The SMILES string of the molecule is CC1CC(C)C(C)N(c2cc(F)cc(C#N)c2)C1. The summed E-state index contributed by atoms with van der Waals surface area (Å²) < 4.78 is 13.5. The molecule has 0 bridgehead atoms. The molecule has 1 aliphatic rings. The van der Waals surface area contributed by atoms with Gasteiger partial charge in [-0.15, -0.1) is 0 Å². The lowest BCUT2D eigenvalue weighted by Gasteiger charge is -2.42. The number of hydrogen-bond acceptors (Lipinski definition) is 2. The summed E-state index contributed by atoms with van der Waals surface area (Å²) in [6.45, 7) is 7.56. The molecule has 2 nitrogen and oxygen atoms in total. The third kappa shape index (κ3) is 2.48. The number of nitrogens with zero attached hydrogens (tertiary/aromatic N) is 2. The molecule has 1 saturated heterocycles. The Bertz CT molecular complexity index is 478. The maximum absolute atomic E-state index is 13.5. The summed E-state index contributed by atoms with van der Waals surface area (Å²) >= 11 is 0. The zero-order chi connectivity index (χ0) is 13.3. The summed E-state index contributed by atoms with van der Waals surface area (Å²) in [6.07, 6.45) is 1.21. The Hall–Kier alpha value is -1.56. The van der Waals surface area contributed by atoms with E-state index in [1.807, 2.05) is 6.07 Å². The van der Waals surface area contributed by atoms with Crippen molar-refractivity contribution in [1.82, 2.24) is 0 Å². The molecule has 0 saturated carbocycles. The molecule has 3 unspecified atom stereocenters. The van der Waals surface area contributed by atoms with Crippen LogP contribution in [-0.4, -0.2) is 12.6 Å². The summed E-state index contributed by atoms with van der Waals surface area (Å²) in [5.41, 5.74) is 1.22. The second-order valence-corrected chi connectivity index (χ2v) is 5.52. The van der Waals surface area contributed by atoms with Crippen LogP contribution in [0.3, 0.4) is 0 Å². The van der Waals surface area contributed by atoms with E-state index in [9.17, 15) is 4.39 Å². The highest BCUT2D eigenvalue weighted by Gasteiger charge is 2.29. The smallest absolute Gasteiger partial charge is 0.126 e. The van der Waals surface area contributed by atoms with Gasteiger partial charge in [0.15, 0.2) is 0 Å². The van der Waals surface area contributed by atoms with Crippen LogP contribution in [-0.2, 0) is 0 Å². The first-order chi connectivity index (χ1) is 8.51. The predicted octanol–water partition coefficient (Wildman–Crippen LogP) is 3.57. The zero-order valence-corrected chi connectivity index (χ0v) is 11.2. The number of halogens is 1. The molecule has 1 fully saturated rings. The number of benzene rings is 1. The third-order valence-corrected chi connectivity index (χ3v) is 3.94. The Morgan fingerprint density at radius 2 is 2.00 bits per heavy atom. The van der Waals surface area contributed by atoms with Gasteiger partial charge in [-0.25, -0.2) is 4.39 Å². The van der Waals surface area contributed by atoms with Gasteiger partial charge in [-0.1, -0.05) is 13.8 Å². The number of anilines is 1. The summed E-state index contributed by atoms with van der Waals surface area (Å²) in [5.74, 6) is 0.856. The number of hydrogen-bond donors (Lipinski definition) is 0. The van der Waals surface area contributed by atoms with E-state index in [-0.39, 0.29) is 5.82 Å². The lowest BCUT2D eigenvalue weighted by molar-refractivity contribution is 0.297. The molecule has 0 aromatic heterocycles. The van der Waals surface area contributed by atoms with E-state index in [0.717, 1.165) is 12.2 Å². The predicted molar refractivity (Wildman–Crippen MR) is 70.9 cm³/mol. The van der Waals surface area contributed by atoms with Gasteiger partial charge in [0.25, 0.3) is 0 Å². The molecular weight excluding hydrogens is 227 g/mol. The standard InChI is InChI=1S/C15H19FN2/c1-10-4-11(2)12(3)18(9-10)15-6-13(8-17)5-14(16)7-15/h5-7,10-12H,4,9H2,1-3H3. The molecule has 0 aliphatic carbocycles. The van der Waals surface area contributed by atoms with Crippen molar-refractivity contribution in [1.29, 1.82) is 5.26 Å². The van der Waals surface area contributed by atoms with Gasteiger partial charge in [0.1, 0.15) is 5.82 Å². The molecule has 0 N–H and O–H groups in total. The Labute approximate surface area is 108 Å². The van der Waals surface area contributed by atoms with Gasteiger partial charge in [-0.05, 0) is 43.4 Å². The van der Waals surface area contributed by atoms with Gasteiger partial charge in [-0.3, -0.25) is 0 Å². The van der Waals surface area contributed by atoms with Crippen LogP contribution >= 0.6 is 0 Å². The Kier molecular flexibility index (Phi) is 3.56. The fraction of sp³-hybridized carbons (Fsp3) is 0.533. The van der Waals surface area contributed by atoms with Crippen molar-refractivity contribution < 1.29 is 4.39 Å². The van der Waals surface area contributed by atoms with Crippen LogP contribution < -0.4 is 4.90 Å². The first-order valence-corrected chi connectivity index (χ1v) is 6.48. The normalized spacial score (nSPS) is 27.9. The van der Waals surface area contributed by atoms with E-state index in [0.29, 0.717) is 23.4 Å². The Morgan fingerprint density at radius 3 is 2.67 bits per heavy atom. The number of piperidine rings is 1. The van der Waals surface area contributed by atoms with Crippen molar-refractivity contribution in [2.24, 2.45) is 11.8 Å².